The number of nitrogens with two attached hydrogens (primary N) is 2. The number of nitrogen functional groups attached to an aromatic ring is 1. The fraction of sp³-hybridized carbons (Fsp3) is 0.143. The van der Waals surface area contributed by atoms with Crippen molar-refractivity contribution in [3.05, 3.63) is 98.2 Å². The molecule has 3 aromatic carbocycles. The molecule has 1 aromatic heterocycles. The molecule has 4 N–H and O–H groups in total. The van der Waals surface area contributed by atoms with E-state index in [-0.39, 0.29) is 52.7 Å². The normalized spacial score (nSPS) is 14.7. The maximum atomic E-state index is 13.6. The lowest BCUT2D eigenvalue weighted by molar-refractivity contribution is -0.137. The zero-order valence-corrected chi connectivity index (χ0v) is 20.3. The summed E-state index contributed by atoms with van der Waals surface area (Å²) >= 11 is 5.81. The van der Waals surface area contributed by atoms with Crippen LogP contribution < -0.4 is 26.6 Å². The Labute approximate surface area is 225 Å². The van der Waals surface area contributed by atoms with E-state index in [1.807, 2.05) is 6.07 Å². The summed E-state index contributed by atoms with van der Waals surface area (Å²) in [6.07, 6.45) is -4.69. The van der Waals surface area contributed by atoms with Crippen molar-refractivity contribution in [2.75, 3.05) is 12.8 Å². The first kappa shape index (κ1) is 27.4. The number of nitriles is 1. The smallest absolute Gasteiger partial charge is 0.417 e. The van der Waals surface area contributed by atoms with Gasteiger partial charge >= 0.3 is 11.8 Å². The van der Waals surface area contributed by atoms with Gasteiger partial charge in [-0.15, -0.1) is 0 Å². The van der Waals surface area contributed by atoms with Gasteiger partial charge in [0.25, 0.3) is 0 Å². The summed E-state index contributed by atoms with van der Waals surface area (Å²) in [5.41, 5.74) is 11.5. The molecule has 0 aliphatic carbocycles. The number of rotatable bonds is 3. The zero-order chi connectivity index (χ0) is 27.4. The third-order valence-corrected chi connectivity index (χ3v) is 6.56. The quantitative estimate of drug-likeness (QED) is 0.216. The summed E-state index contributed by atoms with van der Waals surface area (Å²) in [6.45, 7) is 0. The van der Waals surface area contributed by atoms with E-state index in [0.29, 0.717) is 16.6 Å². The molecule has 0 radical (unpaired) electrons. The summed E-state index contributed by atoms with van der Waals surface area (Å²) in [5.74, 6) is -0.953. The SMILES string of the molecule is C.COc1ccc(C2C(C#N)=C(N)Oc3c2c(=O)oc2ccc(N)cc32)cc1-c1ccc(Cl)c(C(F)(F)F)c1. The average Bonchev–Trinajstić information content (AvgIpc) is 2.87. The first-order chi connectivity index (χ1) is 18.0. The average molecular weight is 556 g/mol. The van der Waals surface area contributed by atoms with Gasteiger partial charge in [0.05, 0.1) is 34.6 Å². The Morgan fingerprint density at radius 2 is 1.82 bits per heavy atom. The molecule has 1 aliphatic heterocycles. The minimum absolute atomic E-state index is 0. The summed E-state index contributed by atoms with van der Waals surface area (Å²) in [5, 5.41) is 9.83. The summed E-state index contributed by atoms with van der Waals surface area (Å²) in [7, 11) is 1.37. The summed E-state index contributed by atoms with van der Waals surface area (Å²) in [4.78, 5) is 13.2. The Hall–Kier alpha value is -4.62. The maximum absolute atomic E-state index is 13.6. The number of fused-ring (bicyclic) bond motifs is 3. The van der Waals surface area contributed by atoms with Crippen molar-refractivity contribution < 1.29 is 27.1 Å². The minimum atomic E-state index is -4.69. The molecule has 200 valence electrons. The number of nitrogens with zero attached hydrogens (tertiary/aromatic N) is 1. The molecule has 2 heterocycles. The van der Waals surface area contributed by atoms with Crippen LogP contribution in [0.25, 0.3) is 22.1 Å². The van der Waals surface area contributed by atoms with Crippen LogP contribution in [0, 0.1) is 11.3 Å². The molecule has 1 unspecified atom stereocenters. The molecule has 4 aromatic rings. The molecule has 0 fully saturated rings. The topological polar surface area (TPSA) is 124 Å². The Kier molecular flexibility index (Phi) is 6.98. The number of anilines is 1. The van der Waals surface area contributed by atoms with Crippen molar-refractivity contribution in [3.63, 3.8) is 0 Å². The predicted octanol–water partition coefficient (Wildman–Crippen LogP) is 6.58. The van der Waals surface area contributed by atoms with Crippen LogP contribution in [0.15, 0.2) is 75.3 Å². The molecule has 0 saturated heterocycles. The minimum Gasteiger partial charge on any atom is -0.496 e. The van der Waals surface area contributed by atoms with Crippen molar-refractivity contribution in [3.8, 4) is 28.7 Å². The van der Waals surface area contributed by atoms with E-state index in [1.54, 1.807) is 18.2 Å². The summed E-state index contributed by atoms with van der Waals surface area (Å²) in [6, 6.07) is 14.7. The third kappa shape index (κ3) is 4.62. The van der Waals surface area contributed by atoms with Crippen LogP contribution in [0.5, 0.6) is 11.5 Å². The Morgan fingerprint density at radius 3 is 2.49 bits per heavy atom. The van der Waals surface area contributed by atoms with E-state index in [2.05, 4.69) is 0 Å². The van der Waals surface area contributed by atoms with E-state index in [0.717, 1.165) is 12.1 Å². The molecule has 0 spiro atoms. The molecule has 11 heteroatoms. The highest BCUT2D eigenvalue weighted by molar-refractivity contribution is 6.31. The molecule has 1 atom stereocenters. The van der Waals surface area contributed by atoms with Crippen LogP contribution in [0.1, 0.15) is 30.0 Å². The molecule has 0 bridgehead atoms. The lowest BCUT2D eigenvalue weighted by Gasteiger charge is -2.26. The molecule has 5 rings (SSSR count). The predicted molar refractivity (Wildman–Crippen MR) is 141 cm³/mol. The number of halogens is 4. The monoisotopic (exact) mass is 555 g/mol. The molecule has 0 saturated carbocycles. The van der Waals surface area contributed by atoms with Gasteiger partial charge in [-0.05, 0) is 53.6 Å². The first-order valence-corrected chi connectivity index (χ1v) is 11.4. The van der Waals surface area contributed by atoms with E-state index in [9.17, 15) is 23.2 Å². The Bertz CT molecular complexity index is 1760. The number of hydrogen-bond donors (Lipinski definition) is 2. The molecule has 39 heavy (non-hydrogen) atoms. The first-order valence-electron chi connectivity index (χ1n) is 11.0. The van der Waals surface area contributed by atoms with Gasteiger partial charge in [-0.1, -0.05) is 31.2 Å². The fourth-order valence-corrected chi connectivity index (χ4v) is 4.74. The van der Waals surface area contributed by atoms with Gasteiger partial charge in [0.15, 0.2) is 5.75 Å². The number of hydrogen-bond acceptors (Lipinski definition) is 7. The summed E-state index contributed by atoms with van der Waals surface area (Å²) < 4.78 is 57.3. The van der Waals surface area contributed by atoms with Crippen LogP contribution in [0.2, 0.25) is 5.02 Å². The van der Waals surface area contributed by atoms with Crippen LogP contribution in [-0.4, -0.2) is 7.11 Å². The Balaban J connectivity index is 0.00000353. The fourth-order valence-electron chi connectivity index (χ4n) is 4.51. The second-order valence-corrected chi connectivity index (χ2v) is 8.87. The van der Waals surface area contributed by atoms with Crippen molar-refractivity contribution in [1.82, 2.24) is 0 Å². The molecular weight excluding hydrogens is 535 g/mol. The molecular formula is C28H21ClF3N3O4. The second-order valence-electron chi connectivity index (χ2n) is 8.46. The van der Waals surface area contributed by atoms with E-state index >= 15 is 0 Å². The van der Waals surface area contributed by atoms with Gasteiger partial charge in [0, 0.05) is 11.3 Å². The number of allylic oxidation sites excluding steroid dienone is 1. The van der Waals surface area contributed by atoms with E-state index in [4.69, 9.17) is 37.0 Å². The highest BCUT2D eigenvalue weighted by Gasteiger charge is 2.37. The van der Waals surface area contributed by atoms with E-state index < -0.39 is 28.3 Å². The number of methoxy groups -OCH3 is 1. The van der Waals surface area contributed by atoms with Gasteiger partial charge < -0.3 is 25.4 Å². The molecule has 1 aliphatic rings. The van der Waals surface area contributed by atoms with Crippen LogP contribution >= 0.6 is 11.6 Å². The number of ether oxygens (including phenoxy) is 2. The van der Waals surface area contributed by atoms with Gasteiger partial charge in [0.1, 0.15) is 23.0 Å². The zero-order valence-electron chi connectivity index (χ0n) is 19.5. The second kappa shape index (κ2) is 9.93. The van der Waals surface area contributed by atoms with Crippen molar-refractivity contribution in [1.29, 1.82) is 5.26 Å². The maximum Gasteiger partial charge on any atom is 0.417 e. The van der Waals surface area contributed by atoms with Crippen LogP contribution in [0.4, 0.5) is 18.9 Å². The highest BCUT2D eigenvalue weighted by Crippen LogP contribution is 2.46. The lowest BCUT2D eigenvalue weighted by atomic mass is 9.82. The van der Waals surface area contributed by atoms with E-state index in [1.165, 1.54) is 31.4 Å². The highest BCUT2D eigenvalue weighted by atomic mass is 35.5. The van der Waals surface area contributed by atoms with Gasteiger partial charge in [-0.2, -0.15) is 18.4 Å². The van der Waals surface area contributed by atoms with Gasteiger partial charge in [0.2, 0.25) is 5.88 Å². The number of alkyl halides is 3. The molecule has 0 amide bonds. The standard InChI is InChI=1S/C27H17ClF3N3O4.CH4/c1-36-20-6-3-13(8-15(20)12-2-5-19(28)18(9-12)27(29,30)31)22-17(11-32)25(34)38-24-16-10-14(33)4-7-21(16)37-26(35)23(22)24;/h2-10,22H,33-34H2,1H3;1H4. The van der Waals surface area contributed by atoms with Crippen molar-refractivity contribution in [2.24, 2.45) is 5.73 Å². The van der Waals surface area contributed by atoms with Crippen molar-refractivity contribution in [2.45, 2.75) is 19.5 Å². The van der Waals surface area contributed by atoms with Gasteiger partial charge in [-0.3, -0.25) is 0 Å². The number of benzene rings is 3. The largest absolute Gasteiger partial charge is 0.496 e. The van der Waals surface area contributed by atoms with Gasteiger partial charge in [-0.25, -0.2) is 4.79 Å². The van der Waals surface area contributed by atoms with Crippen molar-refractivity contribution >= 4 is 28.3 Å². The Morgan fingerprint density at radius 1 is 1.08 bits per heavy atom. The van der Waals surface area contributed by atoms with Crippen LogP contribution in [0.3, 0.4) is 0 Å². The van der Waals surface area contributed by atoms with Crippen LogP contribution in [-0.2, 0) is 6.18 Å². The third-order valence-electron chi connectivity index (χ3n) is 6.23. The lowest BCUT2D eigenvalue weighted by Crippen LogP contribution is -2.26. The molecule has 7 nitrogen and oxygen atoms in total.